The van der Waals surface area contributed by atoms with Crippen molar-refractivity contribution in [3.05, 3.63) is 0 Å². The molecule has 0 aromatic carbocycles. The molecule has 0 spiro atoms. The average molecular weight is 214 g/mol. The van der Waals surface area contributed by atoms with Gasteiger partial charge in [0.05, 0.1) is 12.4 Å². The van der Waals surface area contributed by atoms with E-state index >= 15 is 0 Å². The molecule has 1 aliphatic heterocycles. The first-order valence-electron chi connectivity index (χ1n) is 4.04. The maximum absolute atomic E-state index is 12.6. The van der Waals surface area contributed by atoms with Crippen LogP contribution in [0.3, 0.4) is 0 Å². The fourth-order valence-corrected chi connectivity index (χ4v) is 2.58. The van der Waals surface area contributed by atoms with Crippen LogP contribution in [-0.4, -0.2) is 34.1 Å². The lowest BCUT2D eigenvalue weighted by Crippen LogP contribution is -2.37. The van der Waals surface area contributed by atoms with E-state index in [1.165, 1.54) is 0 Å². The summed E-state index contributed by atoms with van der Waals surface area (Å²) in [7, 11) is -4.59. The van der Waals surface area contributed by atoms with Gasteiger partial charge in [-0.3, -0.25) is 4.39 Å². The van der Waals surface area contributed by atoms with Crippen molar-refractivity contribution in [1.29, 1.82) is 0 Å². The lowest BCUT2D eigenvalue weighted by atomic mass is 9.84. The smallest absolute Gasteiger partial charge is 0.303 e. The number of hydrogen-bond acceptors (Lipinski definition) is 3. The maximum Gasteiger partial charge on any atom is 0.303 e. The molecule has 1 saturated heterocycles. The van der Waals surface area contributed by atoms with Crippen molar-refractivity contribution in [1.82, 2.24) is 0 Å². The average Bonchev–Trinajstić information content (AvgIpc) is 2.03. The highest BCUT2D eigenvalue weighted by Crippen LogP contribution is 2.32. The standard InChI is InChI=1S/C7H12F2O3S/c8-5-7(6-13(9,10)11)1-3-12-4-2-7/h1-6H2. The van der Waals surface area contributed by atoms with Crippen LogP contribution in [0.15, 0.2) is 0 Å². The van der Waals surface area contributed by atoms with Crippen molar-refractivity contribution >= 4 is 10.2 Å². The number of ether oxygens (including phenoxy) is 1. The molecule has 0 aromatic heterocycles. The van der Waals surface area contributed by atoms with Crippen molar-refractivity contribution in [3.63, 3.8) is 0 Å². The zero-order chi connectivity index (χ0) is 9.95. The number of hydrogen-bond donors (Lipinski definition) is 0. The number of halogens is 2. The summed E-state index contributed by atoms with van der Waals surface area (Å²) in [5.41, 5.74) is -1.05. The van der Waals surface area contributed by atoms with E-state index in [0.29, 0.717) is 13.2 Å². The van der Waals surface area contributed by atoms with Gasteiger partial charge < -0.3 is 4.74 Å². The van der Waals surface area contributed by atoms with E-state index in [1.54, 1.807) is 0 Å². The molecule has 1 heterocycles. The minimum Gasteiger partial charge on any atom is -0.381 e. The van der Waals surface area contributed by atoms with Crippen LogP contribution in [0.1, 0.15) is 12.8 Å². The van der Waals surface area contributed by atoms with Crippen molar-refractivity contribution in [3.8, 4) is 0 Å². The Morgan fingerprint density at radius 2 is 1.85 bits per heavy atom. The van der Waals surface area contributed by atoms with Gasteiger partial charge in [-0.2, -0.15) is 8.42 Å². The third-order valence-corrected chi connectivity index (χ3v) is 3.27. The Morgan fingerprint density at radius 3 is 2.23 bits per heavy atom. The van der Waals surface area contributed by atoms with Gasteiger partial charge in [0.1, 0.15) is 0 Å². The molecule has 0 bridgehead atoms. The van der Waals surface area contributed by atoms with Crippen LogP contribution in [0.25, 0.3) is 0 Å². The first-order chi connectivity index (χ1) is 5.97. The molecule has 0 unspecified atom stereocenters. The van der Waals surface area contributed by atoms with Gasteiger partial charge in [0.15, 0.2) is 0 Å². The van der Waals surface area contributed by atoms with E-state index < -0.39 is 28.1 Å². The summed E-state index contributed by atoms with van der Waals surface area (Å²) >= 11 is 0. The minimum atomic E-state index is -4.59. The molecular weight excluding hydrogens is 202 g/mol. The van der Waals surface area contributed by atoms with Gasteiger partial charge in [0.25, 0.3) is 0 Å². The normalized spacial score (nSPS) is 22.9. The van der Waals surface area contributed by atoms with Crippen molar-refractivity contribution in [2.75, 3.05) is 25.6 Å². The lowest BCUT2D eigenvalue weighted by molar-refractivity contribution is 0.0132. The van der Waals surface area contributed by atoms with Crippen LogP contribution in [0.4, 0.5) is 8.28 Å². The molecule has 1 rings (SSSR count). The van der Waals surface area contributed by atoms with Gasteiger partial charge in [0.2, 0.25) is 0 Å². The summed E-state index contributed by atoms with van der Waals surface area (Å²) in [4.78, 5) is 0. The summed E-state index contributed by atoms with van der Waals surface area (Å²) in [5, 5.41) is 0. The molecule has 0 atom stereocenters. The van der Waals surface area contributed by atoms with Gasteiger partial charge in [-0.25, -0.2) is 0 Å². The minimum absolute atomic E-state index is 0.270. The van der Waals surface area contributed by atoms with Crippen LogP contribution in [-0.2, 0) is 15.0 Å². The van der Waals surface area contributed by atoms with Gasteiger partial charge in [-0.05, 0) is 12.8 Å². The summed E-state index contributed by atoms with van der Waals surface area (Å²) in [6, 6.07) is 0. The third kappa shape index (κ3) is 3.19. The Bertz CT molecular complexity index is 257. The molecule has 1 fully saturated rings. The molecule has 3 nitrogen and oxygen atoms in total. The quantitative estimate of drug-likeness (QED) is 0.659. The Labute approximate surface area is 76.3 Å². The molecule has 6 heteroatoms. The molecule has 1 aliphatic rings. The van der Waals surface area contributed by atoms with Gasteiger partial charge in [0, 0.05) is 18.6 Å². The van der Waals surface area contributed by atoms with E-state index in [2.05, 4.69) is 0 Å². The second-order valence-electron chi connectivity index (χ2n) is 3.43. The molecule has 0 aliphatic carbocycles. The fourth-order valence-electron chi connectivity index (χ4n) is 1.49. The van der Waals surface area contributed by atoms with E-state index in [1.807, 2.05) is 0 Å². The first kappa shape index (κ1) is 10.8. The Morgan fingerprint density at radius 1 is 1.31 bits per heavy atom. The highest BCUT2D eigenvalue weighted by Gasteiger charge is 2.37. The lowest BCUT2D eigenvalue weighted by Gasteiger charge is -2.32. The number of rotatable bonds is 3. The second kappa shape index (κ2) is 3.88. The van der Waals surface area contributed by atoms with Crippen LogP contribution < -0.4 is 0 Å². The van der Waals surface area contributed by atoms with Crippen molar-refractivity contribution in [2.24, 2.45) is 5.41 Å². The largest absolute Gasteiger partial charge is 0.381 e. The summed E-state index contributed by atoms with van der Waals surface area (Å²) in [6.45, 7) is -0.196. The molecule has 13 heavy (non-hydrogen) atoms. The van der Waals surface area contributed by atoms with Gasteiger partial charge in [-0.1, -0.05) is 0 Å². The molecule has 0 N–H and O–H groups in total. The summed E-state index contributed by atoms with van der Waals surface area (Å²) in [6.07, 6.45) is 0.541. The highest BCUT2D eigenvalue weighted by atomic mass is 32.3. The monoisotopic (exact) mass is 214 g/mol. The molecule has 0 radical (unpaired) electrons. The van der Waals surface area contributed by atoms with Crippen molar-refractivity contribution in [2.45, 2.75) is 12.8 Å². The first-order valence-corrected chi connectivity index (χ1v) is 5.59. The van der Waals surface area contributed by atoms with Crippen LogP contribution in [0.5, 0.6) is 0 Å². The van der Waals surface area contributed by atoms with E-state index in [-0.39, 0.29) is 12.8 Å². The predicted molar refractivity (Wildman–Crippen MR) is 43.4 cm³/mol. The fraction of sp³-hybridized carbons (Fsp3) is 1.00. The molecule has 0 aromatic rings. The topological polar surface area (TPSA) is 43.4 Å². The predicted octanol–water partition coefficient (Wildman–Crippen LogP) is 1.05. The van der Waals surface area contributed by atoms with Gasteiger partial charge in [-0.15, -0.1) is 3.89 Å². The Kier molecular flexibility index (Phi) is 3.23. The van der Waals surface area contributed by atoms with Crippen LogP contribution >= 0.6 is 0 Å². The van der Waals surface area contributed by atoms with Crippen molar-refractivity contribution < 1.29 is 21.4 Å². The summed E-state index contributed by atoms with van der Waals surface area (Å²) < 4.78 is 50.7. The van der Waals surface area contributed by atoms with Gasteiger partial charge >= 0.3 is 10.2 Å². The third-order valence-electron chi connectivity index (χ3n) is 2.32. The second-order valence-corrected chi connectivity index (χ2v) is 4.80. The Hall–Kier alpha value is -0.230. The maximum atomic E-state index is 12.6. The molecule has 0 amide bonds. The highest BCUT2D eigenvalue weighted by molar-refractivity contribution is 7.86. The number of alkyl halides is 1. The van der Waals surface area contributed by atoms with E-state index in [4.69, 9.17) is 4.74 Å². The summed E-state index contributed by atoms with van der Waals surface area (Å²) in [5.74, 6) is -0.722. The molecule has 0 saturated carbocycles. The molecule has 78 valence electrons. The zero-order valence-electron chi connectivity index (χ0n) is 7.13. The van der Waals surface area contributed by atoms with E-state index in [0.717, 1.165) is 0 Å². The van der Waals surface area contributed by atoms with Crippen LogP contribution in [0, 0.1) is 5.41 Å². The van der Waals surface area contributed by atoms with Crippen LogP contribution in [0.2, 0.25) is 0 Å². The molecular formula is C7H12F2O3S. The zero-order valence-corrected chi connectivity index (χ0v) is 7.95. The Balaban J connectivity index is 2.68. The SMILES string of the molecule is O=S(=O)(F)CC1(CF)CCOCC1. The van der Waals surface area contributed by atoms with E-state index in [9.17, 15) is 16.7 Å².